The summed E-state index contributed by atoms with van der Waals surface area (Å²) in [5, 5.41) is 2.59. The van der Waals surface area contributed by atoms with Crippen LogP contribution in [0.1, 0.15) is 0 Å². The lowest BCUT2D eigenvalue weighted by molar-refractivity contribution is -0.134. The van der Waals surface area contributed by atoms with Gasteiger partial charge in [0.1, 0.15) is 0 Å². The maximum absolute atomic E-state index is 10.3. The number of hydrogen-bond acceptors (Lipinski definition) is 3. The summed E-state index contributed by atoms with van der Waals surface area (Å²) in [6.07, 6.45) is 2.77. The summed E-state index contributed by atoms with van der Waals surface area (Å²) in [4.78, 5) is 10.3. The van der Waals surface area contributed by atoms with Crippen LogP contribution in [0.3, 0.4) is 0 Å². The Labute approximate surface area is 46.6 Å². The second-order valence-electron chi connectivity index (χ2n) is 1.32. The highest BCUT2D eigenvalue weighted by Gasteiger charge is 2.03. The van der Waals surface area contributed by atoms with Gasteiger partial charge < -0.3 is 10.1 Å². The van der Waals surface area contributed by atoms with E-state index < -0.39 is 0 Å². The number of carbonyl (C=O) groups excluding carboxylic acids is 1. The minimum atomic E-state index is -0.381. The maximum atomic E-state index is 10.3. The van der Waals surface area contributed by atoms with Gasteiger partial charge in [0.25, 0.3) is 0 Å². The van der Waals surface area contributed by atoms with E-state index in [9.17, 15) is 4.79 Å². The molecule has 1 aliphatic rings. The molecule has 3 heteroatoms. The van der Waals surface area contributed by atoms with Gasteiger partial charge in [0.2, 0.25) is 0 Å². The highest BCUT2D eigenvalue weighted by atomic mass is 16.5. The van der Waals surface area contributed by atoms with Crippen LogP contribution in [0.25, 0.3) is 0 Å². The molecule has 3 nitrogen and oxygen atoms in total. The minimum absolute atomic E-state index is 0.275. The van der Waals surface area contributed by atoms with Crippen LogP contribution in [0.4, 0.5) is 0 Å². The van der Waals surface area contributed by atoms with Crippen molar-refractivity contribution in [2.24, 2.45) is 0 Å². The molecule has 0 spiro atoms. The largest absolute Gasteiger partial charge is 0.407 e. The summed E-state index contributed by atoms with van der Waals surface area (Å²) in [5.74, 6) is -0.105. The molecular formula is C5H5NO2. The molecule has 0 unspecified atom stereocenters. The fourth-order valence-corrected chi connectivity index (χ4v) is 0.388. The second kappa shape index (κ2) is 1.69. The molecule has 0 aromatic rings. The van der Waals surface area contributed by atoms with Crippen LogP contribution in [0, 0.1) is 0 Å². The van der Waals surface area contributed by atoms with E-state index in [4.69, 9.17) is 0 Å². The minimum Gasteiger partial charge on any atom is -0.407 e. The van der Waals surface area contributed by atoms with Crippen molar-refractivity contribution in [1.82, 2.24) is 5.32 Å². The number of esters is 1. The lowest BCUT2D eigenvalue weighted by Crippen LogP contribution is -2.16. The van der Waals surface area contributed by atoms with Gasteiger partial charge in [-0.25, -0.2) is 4.79 Å². The summed E-state index contributed by atoms with van der Waals surface area (Å²) >= 11 is 0. The first-order valence-corrected chi connectivity index (χ1v) is 2.13. The summed E-state index contributed by atoms with van der Waals surface area (Å²) < 4.78 is 4.45. The van der Waals surface area contributed by atoms with Gasteiger partial charge in [-0.1, -0.05) is 0 Å². The average molecular weight is 111 g/mol. The third-order valence-electron chi connectivity index (χ3n) is 0.688. The van der Waals surface area contributed by atoms with Crippen LogP contribution in [0.2, 0.25) is 0 Å². The first-order chi connectivity index (χ1) is 3.79. The quantitative estimate of drug-likeness (QED) is 0.451. The lowest BCUT2D eigenvalue weighted by Gasteiger charge is -2.07. The molecule has 8 heavy (non-hydrogen) atoms. The van der Waals surface area contributed by atoms with E-state index in [0.29, 0.717) is 0 Å². The number of cyclic esters (lactones) is 1. The highest BCUT2D eigenvalue weighted by Crippen LogP contribution is 1.95. The first-order valence-electron chi connectivity index (χ1n) is 2.13. The molecular weight excluding hydrogens is 106 g/mol. The topological polar surface area (TPSA) is 38.3 Å². The third-order valence-corrected chi connectivity index (χ3v) is 0.688. The van der Waals surface area contributed by atoms with Crippen LogP contribution in [0.15, 0.2) is 24.7 Å². The molecule has 0 atom stereocenters. The van der Waals surface area contributed by atoms with Crippen molar-refractivity contribution < 1.29 is 9.53 Å². The molecule has 0 aromatic heterocycles. The van der Waals surface area contributed by atoms with Gasteiger partial charge in [-0.2, -0.15) is 0 Å². The molecule has 1 N–H and O–H groups in total. The molecule has 0 bridgehead atoms. The van der Waals surface area contributed by atoms with Gasteiger partial charge in [0.15, 0.2) is 5.88 Å². The van der Waals surface area contributed by atoms with Crippen LogP contribution in [-0.2, 0) is 9.53 Å². The van der Waals surface area contributed by atoms with Crippen LogP contribution < -0.4 is 5.32 Å². The zero-order valence-electron chi connectivity index (χ0n) is 4.18. The maximum Gasteiger partial charge on any atom is 0.338 e. The van der Waals surface area contributed by atoms with Gasteiger partial charge in [-0.05, 0) is 6.58 Å². The first kappa shape index (κ1) is 4.90. The number of carbonyl (C=O) groups is 1. The van der Waals surface area contributed by atoms with Crippen LogP contribution >= 0.6 is 0 Å². The average Bonchev–Trinajstić information content (AvgIpc) is 1.64. The van der Waals surface area contributed by atoms with E-state index in [1.165, 1.54) is 12.3 Å². The molecule has 0 saturated heterocycles. The Kier molecular flexibility index (Phi) is 1.04. The van der Waals surface area contributed by atoms with E-state index in [0.717, 1.165) is 0 Å². The van der Waals surface area contributed by atoms with E-state index in [-0.39, 0.29) is 11.9 Å². The molecule has 0 aromatic carbocycles. The Morgan fingerprint density at radius 3 is 2.88 bits per heavy atom. The van der Waals surface area contributed by atoms with E-state index >= 15 is 0 Å². The fourth-order valence-electron chi connectivity index (χ4n) is 0.388. The van der Waals surface area contributed by atoms with Crippen molar-refractivity contribution in [3.05, 3.63) is 24.7 Å². The number of nitrogens with one attached hydrogen (secondary N) is 1. The standard InChI is InChI=1S/C5H5NO2/c1-4-6-3-2-5(7)8-4/h2-3,6H,1H2. The smallest absolute Gasteiger partial charge is 0.338 e. The predicted molar refractivity (Wildman–Crippen MR) is 27.5 cm³/mol. The van der Waals surface area contributed by atoms with Gasteiger partial charge in [-0.15, -0.1) is 0 Å². The van der Waals surface area contributed by atoms with E-state index in [2.05, 4.69) is 16.6 Å². The van der Waals surface area contributed by atoms with Crippen molar-refractivity contribution >= 4 is 5.97 Å². The molecule has 1 heterocycles. The molecule has 0 radical (unpaired) electrons. The molecule has 0 amide bonds. The van der Waals surface area contributed by atoms with Crippen molar-refractivity contribution in [1.29, 1.82) is 0 Å². The Balaban J connectivity index is 2.68. The Morgan fingerprint density at radius 1 is 1.75 bits per heavy atom. The third kappa shape index (κ3) is 0.872. The number of hydrogen-bond donors (Lipinski definition) is 1. The van der Waals surface area contributed by atoms with E-state index in [1.807, 2.05) is 0 Å². The van der Waals surface area contributed by atoms with Gasteiger partial charge in [-0.3, -0.25) is 0 Å². The summed E-state index contributed by atoms with van der Waals surface area (Å²) in [6.45, 7) is 3.36. The summed E-state index contributed by atoms with van der Waals surface area (Å²) in [5.41, 5.74) is 0. The Morgan fingerprint density at radius 2 is 2.50 bits per heavy atom. The zero-order chi connectivity index (χ0) is 5.98. The molecule has 42 valence electrons. The normalized spacial score (nSPS) is 17.5. The monoisotopic (exact) mass is 111 g/mol. The molecule has 1 aliphatic heterocycles. The Bertz CT molecular complexity index is 160. The lowest BCUT2D eigenvalue weighted by atomic mass is 10.5. The summed E-state index contributed by atoms with van der Waals surface area (Å²) in [7, 11) is 0. The van der Waals surface area contributed by atoms with Crippen molar-refractivity contribution in [2.75, 3.05) is 0 Å². The zero-order valence-corrected chi connectivity index (χ0v) is 4.18. The van der Waals surface area contributed by atoms with Gasteiger partial charge in [0.05, 0.1) is 0 Å². The molecule has 0 fully saturated rings. The SMILES string of the molecule is C=C1NC=CC(=O)O1. The van der Waals surface area contributed by atoms with Gasteiger partial charge in [0, 0.05) is 12.3 Å². The van der Waals surface area contributed by atoms with Crippen molar-refractivity contribution in [3.8, 4) is 0 Å². The van der Waals surface area contributed by atoms with Gasteiger partial charge >= 0.3 is 5.97 Å². The second-order valence-corrected chi connectivity index (χ2v) is 1.32. The fraction of sp³-hybridized carbons (Fsp3) is 0. The van der Waals surface area contributed by atoms with Crippen LogP contribution in [-0.4, -0.2) is 5.97 Å². The number of rotatable bonds is 0. The summed E-state index contributed by atoms with van der Waals surface area (Å²) in [6, 6.07) is 0. The predicted octanol–water partition coefficient (Wildman–Crippen LogP) is 0.118. The molecule has 0 saturated carbocycles. The van der Waals surface area contributed by atoms with Crippen LogP contribution in [0.5, 0.6) is 0 Å². The Hall–Kier alpha value is -1.25. The van der Waals surface area contributed by atoms with Crippen molar-refractivity contribution in [3.63, 3.8) is 0 Å². The molecule has 0 aliphatic carbocycles. The van der Waals surface area contributed by atoms with Crippen molar-refractivity contribution in [2.45, 2.75) is 0 Å². The highest BCUT2D eigenvalue weighted by molar-refractivity contribution is 5.83. The number of ether oxygens (including phenoxy) is 1. The van der Waals surface area contributed by atoms with E-state index in [1.54, 1.807) is 0 Å². The molecule has 1 rings (SSSR count).